The fourth-order valence-electron chi connectivity index (χ4n) is 3.55. The third kappa shape index (κ3) is 4.17. The summed E-state index contributed by atoms with van der Waals surface area (Å²) < 4.78 is 6.34. The molecule has 0 bridgehead atoms. The van der Waals surface area contributed by atoms with E-state index in [0.717, 1.165) is 58.3 Å². The number of benzene rings is 1. The Bertz CT molecular complexity index is 542. The molecule has 24 heavy (non-hydrogen) atoms. The van der Waals surface area contributed by atoms with Crippen molar-refractivity contribution in [1.29, 1.82) is 0 Å². The number of likely N-dealkylation sites (N-methyl/N-ethyl adjacent to an activating group) is 1. The largest absolute Gasteiger partial charge is 0.362 e. The van der Waals surface area contributed by atoms with E-state index in [1.54, 1.807) is 4.90 Å². The average molecular weight is 330 g/mol. The molecule has 0 spiro atoms. The SMILES string of the molecule is CCN(C)C(=O)C1(OC2CCCN(Cc3ccccc3)CC2)CC1. The second-order valence-electron chi connectivity index (χ2n) is 7.25. The highest BCUT2D eigenvalue weighted by Gasteiger charge is 2.53. The lowest BCUT2D eigenvalue weighted by Gasteiger charge is -2.27. The number of likely N-dealkylation sites (tertiary alicyclic amines) is 1. The topological polar surface area (TPSA) is 32.8 Å². The third-order valence-corrected chi connectivity index (χ3v) is 5.32. The number of carbonyl (C=O) groups is 1. The number of hydrogen-bond donors (Lipinski definition) is 0. The van der Waals surface area contributed by atoms with Gasteiger partial charge in [0.25, 0.3) is 5.91 Å². The molecule has 0 aromatic heterocycles. The van der Waals surface area contributed by atoms with Gasteiger partial charge in [-0.15, -0.1) is 0 Å². The minimum absolute atomic E-state index is 0.176. The molecule has 2 fully saturated rings. The van der Waals surface area contributed by atoms with Crippen LogP contribution >= 0.6 is 0 Å². The van der Waals surface area contributed by atoms with Crippen LogP contribution in [0.5, 0.6) is 0 Å². The van der Waals surface area contributed by atoms with Crippen molar-refractivity contribution in [1.82, 2.24) is 9.80 Å². The zero-order valence-electron chi connectivity index (χ0n) is 15.0. The van der Waals surface area contributed by atoms with E-state index < -0.39 is 5.60 Å². The van der Waals surface area contributed by atoms with E-state index >= 15 is 0 Å². The number of amides is 1. The first-order valence-electron chi connectivity index (χ1n) is 9.32. The quantitative estimate of drug-likeness (QED) is 0.803. The Morgan fingerprint density at radius 3 is 2.67 bits per heavy atom. The van der Waals surface area contributed by atoms with Gasteiger partial charge in [-0.05, 0) is 51.1 Å². The van der Waals surface area contributed by atoms with Crippen molar-refractivity contribution in [2.75, 3.05) is 26.7 Å². The Balaban J connectivity index is 1.52. The summed E-state index contributed by atoms with van der Waals surface area (Å²) in [6, 6.07) is 10.7. The molecule has 1 aromatic carbocycles. The molecule has 0 N–H and O–H groups in total. The zero-order valence-corrected chi connectivity index (χ0v) is 15.0. The molecular weight excluding hydrogens is 300 g/mol. The van der Waals surface area contributed by atoms with E-state index in [0.29, 0.717) is 0 Å². The van der Waals surface area contributed by atoms with Gasteiger partial charge in [0.15, 0.2) is 0 Å². The van der Waals surface area contributed by atoms with Crippen molar-refractivity contribution in [2.45, 2.75) is 57.3 Å². The lowest BCUT2D eigenvalue weighted by molar-refractivity contribution is -0.150. The lowest BCUT2D eigenvalue weighted by Crippen LogP contribution is -2.41. The molecule has 1 atom stereocenters. The minimum Gasteiger partial charge on any atom is -0.362 e. The van der Waals surface area contributed by atoms with Crippen LogP contribution in [0.1, 0.15) is 44.6 Å². The molecule has 2 aliphatic rings. The van der Waals surface area contributed by atoms with Gasteiger partial charge in [0.2, 0.25) is 0 Å². The van der Waals surface area contributed by atoms with Crippen LogP contribution in [0.25, 0.3) is 0 Å². The normalized spacial score (nSPS) is 23.5. The number of rotatable bonds is 6. The zero-order chi connectivity index (χ0) is 17.0. The summed E-state index contributed by atoms with van der Waals surface area (Å²) in [6.07, 6.45) is 5.24. The highest BCUT2D eigenvalue weighted by molar-refractivity contribution is 5.88. The number of carbonyl (C=O) groups excluding carboxylic acids is 1. The summed E-state index contributed by atoms with van der Waals surface area (Å²) in [4.78, 5) is 16.8. The highest BCUT2D eigenvalue weighted by Crippen LogP contribution is 2.43. The molecule has 1 aliphatic carbocycles. The fraction of sp³-hybridized carbons (Fsp3) is 0.650. The third-order valence-electron chi connectivity index (χ3n) is 5.32. The Morgan fingerprint density at radius 2 is 2.00 bits per heavy atom. The van der Waals surface area contributed by atoms with E-state index in [9.17, 15) is 4.79 Å². The van der Waals surface area contributed by atoms with Crippen LogP contribution < -0.4 is 0 Å². The predicted molar refractivity (Wildman–Crippen MR) is 95.7 cm³/mol. The van der Waals surface area contributed by atoms with E-state index in [1.165, 1.54) is 5.56 Å². The maximum absolute atomic E-state index is 12.5. The van der Waals surface area contributed by atoms with E-state index in [-0.39, 0.29) is 12.0 Å². The van der Waals surface area contributed by atoms with E-state index in [4.69, 9.17) is 4.74 Å². The molecule has 132 valence electrons. The molecule has 4 heteroatoms. The molecule has 1 unspecified atom stereocenters. The van der Waals surface area contributed by atoms with Crippen LogP contribution in [0, 0.1) is 0 Å². The van der Waals surface area contributed by atoms with Crippen molar-refractivity contribution in [3.8, 4) is 0 Å². The summed E-state index contributed by atoms with van der Waals surface area (Å²) in [5, 5.41) is 0. The fourth-order valence-corrected chi connectivity index (χ4v) is 3.55. The molecule has 3 rings (SSSR count). The van der Waals surface area contributed by atoms with Gasteiger partial charge in [-0.3, -0.25) is 9.69 Å². The maximum Gasteiger partial charge on any atom is 0.254 e. The maximum atomic E-state index is 12.5. The molecule has 1 heterocycles. The monoisotopic (exact) mass is 330 g/mol. The second-order valence-corrected chi connectivity index (χ2v) is 7.25. The molecule has 1 saturated heterocycles. The second kappa shape index (κ2) is 7.66. The minimum atomic E-state index is -0.496. The number of hydrogen-bond acceptors (Lipinski definition) is 3. The molecule has 1 aliphatic heterocycles. The van der Waals surface area contributed by atoms with Crippen molar-refractivity contribution < 1.29 is 9.53 Å². The summed E-state index contributed by atoms with van der Waals surface area (Å²) >= 11 is 0. The first-order valence-corrected chi connectivity index (χ1v) is 9.32. The first kappa shape index (κ1) is 17.4. The lowest BCUT2D eigenvalue weighted by atomic mass is 10.1. The summed E-state index contributed by atoms with van der Waals surface area (Å²) in [5.41, 5.74) is 0.875. The summed E-state index contributed by atoms with van der Waals surface area (Å²) in [6.45, 7) is 5.94. The van der Waals surface area contributed by atoms with Crippen molar-refractivity contribution in [3.63, 3.8) is 0 Å². The molecule has 0 radical (unpaired) electrons. The predicted octanol–water partition coefficient (Wildman–Crippen LogP) is 3.07. The van der Waals surface area contributed by atoms with Crippen molar-refractivity contribution in [2.24, 2.45) is 0 Å². The molecule has 1 aromatic rings. The number of nitrogens with zero attached hydrogens (tertiary/aromatic N) is 2. The van der Waals surface area contributed by atoms with Crippen LogP contribution in [0.4, 0.5) is 0 Å². The molecular formula is C20H30N2O2. The van der Waals surface area contributed by atoms with Crippen LogP contribution in [0.2, 0.25) is 0 Å². The number of ether oxygens (including phenoxy) is 1. The van der Waals surface area contributed by atoms with Crippen LogP contribution in [-0.4, -0.2) is 54.1 Å². The van der Waals surface area contributed by atoms with Crippen LogP contribution in [-0.2, 0) is 16.1 Å². The smallest absolute Gasteiger partial charge is 0.254 e. The van der Waals surface area contributed by atoms with Crippen molar-refractivity contribution in [3.05, 3.63) is 35.9 Å². The first-order chi connectivity index (χ1) is 11.6. The average Bonchev–Trinajstić information content (AvgIpc) is 3.41. The van der Waals surface area contributed by atoms with Gasteiger partial charge in [0.05, 0.1) is 6.10 Å². The van der Waals surface area contributed by atoms with Gasteiger partial charge in [-0.25, -0.2) is 0 Å². The van der Waals surface area contributed by atoms with E-state index in [2.05, 4.69) is 35.2 Å². The van der Waals surface area contributed by atoms with E-state index in [1.807, 2.05) is 14.0 Å². The Labute approximate surface area is 145 Å². The Kier molecular flexibility index (Phi) is 5.57. The van der Waals surface area contributed by atoms with Gasteiger partial charge in [0, 0.05) is 26.7 Å². The van der Waals surface area contributed by atoms with Gasteiger partial charge in [-0.2, -0.15) is 0 Å². The summed E-state index contributed by atoms with van der Waals surface area (Å²) in [7, 11) is 1.88. The molecule has 1 saturated carbocycles. The molecule has 1 amide bonds. The van der Waals surface area contributed by atoms with Gasteiger partial charge < -0.3 is 9.64 Å². The van der Waals surface area contributed by atoms with Gasteiger partial charge in [-0.1, -0.05) is 30.3 Å². The standard InChI is InChI=1S/C20H30N2O2/c1-3-21(2)19(23)20(12-13-20)24-18-10-7-14-22(15-11-18)16-17-8-5-4-6-9-17/h4-6,8-9,18H,3,7,10-16H2,1-2H3. The van der Waals surface area contributed by atoms with Crippen LogP contribution in [0.3, 0.4) is 0 Å². The Morgan fingerprint density at radius 1 is 1.25 bits per heavy atom. The van der Waals surface area contributed by atoms with Gasteiger partial charge in [0.1, 0.15) is 5.60 Å². The van der Waals surface area contributed by atoms with Gasteiger partial charge >= 0.3 is 0 Å². The molecule has 4 nitrogen and oxygen atoms in total. The van der Waals surface area contributed by atoms with Crippen LogP contribution in [0.15, 0.2) is 30.3 Å². The highest BCUT2D eigenvalue weighted by atomic mass is 16.5. The summed E-state index contributed by atoms with van der Waals surface area (Å²) in [5.74, 6) is 0.176. The Hall–Kier alpha value is -1.39. The van der Waals surface area contributed by atoms with Crippen molar-refractivity contribution >= 4 is 5.91 Å².